The van der Waals surface area contributed by atoms with Crippen molar-refractivity contribution in [1.82, 2.24) is 9.55 Å². The Labute approximate surface area is 126 Å². The number of carbonyl (C=O) groups is 1. The van der Waals surface area contributed by atoms with Crippen LogP contribution in [0.1, 0.15) is 23.5 Å². The lowest BCUT2D eigenvalue weighted by Crippen LogP contribution is -2.33. The molecule has 108 valence electrons. The Bertz CT molecular complexity index is 756. The van der Waals surface area contributed by atoms with Crippen LogP contribution < -0.4 is 10.9 Å². The van der Waals surface area contributed by atoms with Gasteiger partial charge in [-0.3, -0.25) is 9.59 Å². The first-order valence-electron chi connectivity index (χ1n) is 6.61. The number of nitrogens with zero attached hydrogens (tertiary/aromatic N) is 2. The standard InChI is InChI=1S/C15H15N3O2S/c1-18-13-12(14(20)17-15(18)21-2)10(8-11(19)16-13)9-6-4-3-5-7-9/h3-7,10H,8H2,1-2H3,(H,16,19)/t10-/m0/s1. The second-order valence-corrected chi connectivity index (χ2v) is 5.71. The van der Waals surface area contributed by atoms with Gasteiger partial charge in [-0.2, -0.15) is 4.98 Å². The molecular weight excluding hydrogens is 286 g/mol. The lowest BCUT2D eigenvalue weighted by Gasteiger charge is -2.27. The SMILES string of the molecule is CSc1nc(=O)c2c(n1C)NC(=O)C[C@H]2c1ccccc1. The van der Waals surface area contributed by atoms with Gasteiger partial charge >= 0.3 is 0 Å². The number of benzene rings is 1. The van der Waals surface area contributed by atoms with Gasteiger partial charge in [-0.15, -0.1) is 0 Å². The minimum Gasteiger partial charge on any atom is -0.312 e. The first-order valence-corrected chi connectivity index (χ1v) is 7.84. The van der Waals surface area contributed by atoms with E-state index in [1.807, 2.05) is 43.6 Å². The Balaban J connectivity index is 2.24. The molecule has 1 aromatic heterocycles. The molecule has 2 heterocycles. The number of rotatable bonds is 2. The molecule has 0 saturated heterocycles. The van der Waals surface area contributed by atoms with Crippen molar-refractivity contribution in [2.75, 3.05) is 11.6 Å². The second kappa shape index (κ2) is 5.37. The van der Waals surface area contributed by atoms with E-state index in [9.17, 15) is 9.59 Å². The highest BCUT2D eigenvalue weighted by Crippen LogP contribution is 2.35. The maximum atomic E-state index is 12.4. The van der Waals surface area contributed by atoms with E-state index in [1.165, 1.54) is 11.8 Å². The van der Waals surface area contributed by atoms with Crippen molar-refractivity contribution in [2.24, 2.45) is 7.05 Å². The summed E-state index contributed by atoms with van der Waals surface area (Å²) < 4.78 is 1.77. The van der Waals surface area contributed by atoms with Crippen molar-refractivity contribution < 1.29 is 4.79 Å². The van der Waals surface area contributed by atoms with Crippen LogP contribution >= 0.6 is 11.8 Å². The molecule has 0 bridgehead atoms. The normalized spacial score (nSPS) is 17.2. The van der Waals surface area contributed by atoms with Crippen LogP contribution in [0.15, 0.2) is 40.3 Å². The summed E-state index contributed by atoms with van der Waals surface area (Å²) in [6, 6.07) is 9.62. The quantitative estimate of drug-likeness (QED) is 0.680. The van der Waals surface area contributed by atoms with Crippen LogP contribution in [0.25, 0.3) is 0 Å². The van der Waals surface area contributed by atoms with Crippen molar-refractivity contribution in [3.05, 3.63) is 51.8 Å². The van der Waals surface area contributed by atoms with E-state index < -0.39 is 0 Å². The molecule has 0 unspecified atom stereocenters. The van der Waals surface area contributed by atoms with Crippen LogP contribution in [0.3, 0.4) is 0 Å². The summed E-state index contributed by atoms with van der Waals surface area (Å²) in [6.07, 6.45) is 2.13. The van der Waals surface area contributed by atoms with E-state index in [0.717, 1.165) is 5.56 Å². The van der Waals surface area contributed by atoms with Gasteiger partial charge in [-0.05, 0) is 11.8 Å². The van der Waals surface area contributed by atoms with Gasteiger partial charge in [0.15, 0.2) is 5.16 Å². The Morgan fingerprint density at radius 1 is 1.29 bits per heavy atom. The zero-order chi connectivity index (χ0) is 15.0. The van der Waals surface area contributed by atoms with E-state index in [-0.39, 0.29) is 23.8 Å². The number of fused-ring (bicyclic) bond motifs is 1. The predicted molar refractivity (Wildman–Crippen MR) is 82.8 cm³/mol. The molecule has 21 heavy (non-hydrogen) atoms. The molecule has 6 heteroatoms. The Kier molecular flexibility index (Phi) is 3.55. The molecule has 1 amide bonds. The van der Waals surface area contributed by atoms with Crippen LogP contribution in [-0.2, 0) is 11.8 Å². The Morgan fingerprint density at radius 3 is 2.67 bits per heavy atom. The molecule has 1 aliphatic rings. The third-order valence-corrected chi connectivity index (χ3v) is 4.42. The molecule has 5 nitrogen and oxygen atoms in total. The molecule has 3 rings (SSSR count). The van der Waals surface area contributed by atoms with Crippen molar-refractivity contribution in [1.29, 1.82) is 0 Å². The summed E-state index contributed by atoms with van der Waals surface area (Å²) in [4.78, 5) is 28.5. The Morgan fingerprint density at radius 2 is 2.00 bits per heavy atom. The maximum Gasteiger partial charge on any atom is 0.279 e. The molecule has 0 radical (unpaired) electrons. The second-order valence-electron chi connectivity index (χ2n) is 4.94. The number of nitrogens with one attached hydrogen (secondary N) is 1. The zero-order valence-corrected chi connectivity index (χ0v) is 12.6. The van der Waals surface area contributed by atoms with Gasteiger partial charge in [-0.1, -0.05) is 42.1 Å². The summed E-state index contributed by atoms with van der Waals surface area (Å²) in [5, 5.41) is 3.40. The highest BCUT2D eigenvalue weighted by Gasteiger charge is 2.31. The van der Waals surface area contributed by atoms with Crippen LogP contribution in [-0.4, -0.2) is 21.7 Å². The number of hydrogen-bond donors (Lipinski definition) is 1. The van der Waals surface area contributed by atoms with E-state index in [1.54, 1.807) is 4.57 Å². The van der Waals surface area contributed by atoms with E-state index in [2.05, 4.69) is 10.3 Å². The molecule has 1 aliphatic heterocycles. The number of aromatic nitrogens is 2. The molecule has 0 spiro atoms. The predicted octanol–water partition coefficient (Wildman–Crippen LogP) is 1.98. The topological polar surface area (TPSA) is 64.0 Å². The largest absolute Gasteiger partial charge is 0.312 e. The first-order chi connectivity index (χ1) is 10.1. The molecule has 2 aromatic rings. The minimum absolute atomic E-state index is 0.0791. The Hall–Kier alpha value is -2.08. The van der Waals surface area contributed by atoms with E-state index >= 15 is 0 Å². The number of thioether (sulfide) groups is 1. The lowest BCUT2D eigenvalue weighted by molar-refractivity contribution is -0.116. The zero-order valence-electron chi connectivity index (χ0n) is 11.8. The summed E-state index contributed by atoms with van der Waals surface area (Å²) in [5.74, 6) is 0.242. The molecule has 0 fully saturated rings. The highest BCUT2D eigenvalue weighted by molar-refractivity contribution is 7.98. The number of hydrogen-bond acceptors (Lipinski definition) is 4. The molecule has 0 aliphatic carbocycles. The van der Waals surface area contributed by atoms with Crippen LogP contribution in [0.2, 0.25) is 0 Å². The molecule has 1 atom stereocenters. The first kappa shape index (κ1) is 13.9. The van der Waals surface area contributed by atoms with Gasteiger partial charge in [0.05, 0.1) is 5.56 Å². The average Bonchev–Trinajstić information content (AvgIpc) is 2.50. The van der Waals surface area contributed by atoms with Crippen LogP contribution in [0.5, 0.6) is 0 Å². The summed E-state index contributed by atoms with van der Waals surface area (Å²) in [5.41, 5.74) is 1.27. The summed E-state index contributed by atoms with van der Waals surface area (Å²) >= 11 is 1.38. The third-order valence-electron chi connectivity index (χ3n) is 3.69. The fraction of sp³-hybridized carbons (Fsp3) is 0.267. The molecule has 1 aromatic carbocycles. The average molecular weight is 301 g/mol. The van der Waals surface area contributed by atoms with E-state index in [4.69, 9.17) is 0 Å². The van der Waals surface area contributed by atoms with Crippen molar-refractivity contribution in [3.63, 3.8) is 0 Å². The van der Waals surface area contributed by atoms with Crippen molar-refractivity contribution in [2.45, 2.75) is 17.5 Å². The van der Waals surface area contributed by atoms with Gasteiger partial charge in [0, 0.05) is 19.4 Å². The lowest BCUT2D eigenvalue weighted by atomic mass is 9.87. The summed E-state index contributed by atoms with van der Waals surface area (Å²) in [7, 11) is 1.81. The van der Waals surface area contributed by atoms with Gasteiger partial charge < -0.3 is 9.88 Å². The third kappa shape index (κ3) is 2.35. The fourth-order valence-corrected chi connectivity index (χ4v) is 3.23. The smallest absolute Gasteiger partial charge is 0.279 e. The summed E-state index contributed by atoms with van der Waals surface area (Å²) in [6.45, 7) is 0. The van der Waals surface area contributed by atoms with Crippen LogP contribution in [0, 0.1) is 0 Å². The number of amides is 1. The van der Waals surface area contributed by atoms with Gasteiger partial charge in [0.2, 0.25) is 5.91 Å². The van der Waals surface area contributed by atoms with E-state index in [0.29, 0.717) is 16.5 Å². The van der Waals surface area contributed by atoms with Crippen LogP contribution in [0.4, 0.5) is 5.82 Å². The van der Waals surface area contributed by atoms with Crippen molar-refractivity contribution in [3.8, 4) is 0 Å². The fourth-order valence-electron chi connectivity index (χ4n) is 2.69. The number of carbonyl (C=O) groups excluding carboxylic acids is 1. The molecular formula is C15H15N3O2S. The highest BCUT2D eigenvalue weighted by atomic mass is 32.2. The van der Waals surface area contributed by atoms with Gasteiger partial charge in [0.1, 0.15) is 5.82 Å². The van der Waals surface area contributed by atoms with Gasteiger partial charge in [0.25, 0.3) is 5.56 Å². The molecule has 1 N–H and O–H groups in total. The number of anilines is 1. The maximum absolute atomic E-state index is 12.4. The molecule has 0 saturated carbocycles. The van der Waals surface area contributed by atoms with Gasteiger partial charge in [-0.25, -0.2) is 0 Å². The monoisotopic (exact) mass is 301 g/mol. The minimum atomic E-state index is -0.263. The van der Waals surface area contributed by atoms with Crippen molar-refractivity contribution >= 4 is 23.5 Å².